The smallest absolute Gasteiger partial charge is 0.302 e. The standard InChI is InChI=1S/C13H17N3O4S2/c1-13(2,3)11(17)14-15-22(19,20)8-5-6-9-10(7-8)21-12(18)16(9)4/h5-7,15H,1-4H3,(H,14,17). The zero-order chi connectivity index (χ0) is 16.7. The second kappa shape index (κ2) is 5.49. The number of aromatic nitrogens is 1. The molecule has 0 aliphatic rings. The zero-order valence-corrected chi connectivity index (χ0v) is 14.3. The summed E-state index contributed by atoms with van der Waals surface area (Å²) in [6, 6.07) is 4.36. The Morgan fingerprint density at radius 1 is 1.27 bits per heavy atom. The van der Waals surface area contributed by atoms with E-state index in [4.69, 9.17) is 0 Å². The number of benzene rings is 1. The molecule has 1 amide bonds. The highest BCUT2D eigenvalue weighted by atomic mass is 32.2. The number of rotatable bonds is 3. The highest BCUT2D eigenvalue weighted by Gasteiger charge is 2.23. The van der Waals surface area contributed by atoms with Gasteiger partial charge in [0.05, 0.1) is 15.1 Å². The number of nitrogens with zero attached hydrogens (tertiary/aromatic N) is 1. The summed E-state index contributed by atoms with van der Waals surface area (Å²) >= 11 is 0.966. The molecular formula is C13H17N3O4S2. The molecule has 2 rings (SSSR count). The van der Waals surface area contributed by atoms with Gasteiger partial charge in [-0.25, -0.2) is 8.42 Å². The Morgan fingerprint density at radius 2 is 1.91 bits per heavy atom. The SMILES string of the molecule is Cn1c(=O)sc2cc(S(=O)(=O)NNC(=O)C(C)(C)C)ccc21. The molecule has 120 valence electrons. The van der Waals surface area contributed by atoms with E-state index in [9.17, 15) is 18.0 Å². The number of hydrogen-bond donors (Lipinski definition) is 2. The fourth-order valence-corrected chi connectivity index (χ4v) is 3.50. The molecule has 7 nitrogen and oxygen atoms in total. The van der Waals surface area contributed by atoms with Gasteiger partial charge in [-0.05, 0) is 18.2 Å². The lowest BCUT2D eigenvalue weighted by molar-refractivity contribution is -0.129. The molecule has 0 spiro atoms. The highest BCUT2D eigenvalue weighted by molar-refractivity contribution is 7.89. The Balaban J connectivity index is 2.30. The Labute approximate surface area is 132 Å². The van der Waals surface area contributed by atoms with E-state index >= 15 is 0 Å². The van der Waals surface area contributed by atoms with Crippen LogP contribution < -0.4 is 15.1 Å². The normalized spacial score (nSPS) is 12.5. The topological polar surface area (TPSA) is 97.3 Å². The van der Waals surface area contributed by atoms with Crippen LogP contribution in [0.15, 0.2) is 27.9 Å². The van der Waals surface area contributed by atoms with Crippen molar-refractivity contribution in [1.82, 2.24) is 14.8 Å². The van der Waals surface area contributed by atoms with Crippen LogP contribution in [0, 0.1) is 5.41 Å². The maximum atomic E-state index is 12.2. The van der Waals surface area contributed by atoms with E-state index in [1.165, 1.54) is 16.7 Å². The van der Waals surface area contributed by atoms with Crippen LogP contribution in [-0.4, -0.2) is 18.9 Å². The second-order valence-electron chi connectivity index (χ2n) is 5.87. The third-order valence-corrected chi connectivity index (χ3v) is 5.29. The predicted molar refractivity (Wildman–Crippen MR) is 85.0 cm³/mol. The van der Waals surface area contributed by atoms with Gasteiger partial charge in [0.1, 0.15) is 0 Å². The van der Waals surface area contributed by atoms with Crippen LogP contribution in [0.2, 0.25) is 0 Å². The summed E-state index contributed by atoms with van der Waals surface area (Å²) in [7, 11) is -2.28. The summed E-state index contributed by atoms with van der Waals surface area (Å²) in [5.41, 5.74) is 2.13. The molecule has 2 N–H and O–H groups in total. The number of fused-ring (bicyclic) bond motifs is 1. The van der Waals surface area contributed by atoms with Gasteiger partial charge in [-0.15, -0.1) is 4.83 Å². The largest absolute Gasteiger partial charge is 0.307 e. The molecule has 0 saturated carbocycles. The minimum atomic E-state index is -3.90. The molecule has 0 radical (unpaired) electrons. The molecular weight excluding hydrogens is 326 g/mol. The fourth-order valence-electron chi connectivity index (χ4n) is 1.64. The predicted octanol–water partition coefficient (Wildman–Crippen LogP) is 0.956. The van der Waals surface area contributed by atoms with Gasteiger partial charge in [-0.1, -0.05) is 32.1 Å². The van der Waals surface area contributed by atoms with Crippen LogP contribution in [-0.2, 0) is 21.9 Å². The van der Waals surface area contributed by atoms with Crippen LogP contribution in [0.3, 0.4) is 0 Å². The van der Waals surface area contributed by atoms with Crippen LogP contribution in [0.4, 0.5) is 0 Å². The van der Waals surface area contributed by atoms with E-state index in [0.717, 1.165) is 11.3 Å². The number of aryl methyl sites for hydroxylation is 1. The van der Waals surface area contributed by atoms with Crippen molar-refractivity contribution >= 4 is 37.5 Å². The minimum Gasteiger partial charge on any atom is -0.302 e. The van der Waals surface area contributed by atoms with E-state index in [0.29, 0.717) is 10.2 Å². The monoisotopic (exact) mass is 343 g/mol. The molecule has 0 aliphatic heterocycles. The van der Waals surface area contributed by atoms with Gasteiger partial charge in [-0.3, -0.25) is 15.0 Å². The molecule has 0 unspecified atom stereocenters. The molecule has 1 heterocycles. The molecule has 2 aromatic rings. The van der Waals surface area contributed by atoms with E-state index < -0.39 is 21.3 Å². The number of hydrogen-bond acceptors (Lipinski definition) is 5. The van der Waals surface area contributed by atoms with Gasteiger partial charge < -0.3 is 4.57 Å². The molecule has 0 bridgehead atoms. The lowest BCUT2D eigenvalue weighted by atomic mass is 9.96. The van der Waals surface area contributed by atoms with E-state index in [1.807, 2.05) is 0 Å². The molecule has 1 aromatic heterocycles. The van der Waals surface area contributed by atoms with E-state index in [2.05, 4.69) is 10.3 Å². The third-order valence-electron chi connectivity index (χ3n) is 3.05. The summed E-state index contributed by atoms with van der Waals surface area (Å²) < 4.78 is 26.4. The summed E-state index contributed by atoms with van der Waals surface area (Å²) in [6.07, 6.45) is 0. The Kier molecular flexibility index (Phi) is 4.16. The number of nitrogens with one attached hydrogen (secondary N) is 2. The maximum Gasteiger partial charge on any atom is 0.307 e. The molecule has 0 saturated heterocycles. The van der Waals surface area contributed by atoms with Gasteiger partial charge in [0, 0.05) is 12.5 Å². The van der Waals surface area contributed by atoms with Crippen molar-refractivity contribution in [2.24, 2.45) is 12.5 Å². The Bertz CT molecular complexity index is 888. The van der Waals surface area contributed by atoms with Gasteiger partial charge in [0.2, 0.25) is 5.91 Å². The first-order valence-electron chi connectivity index (χ1n) is 6.44. The van der Waals surface area contributed by atoms with Crippen molar-refractivity contribution < 1.29 is 13.2 Å². The Morgan fingerprint density at radius 3 is 2.50 bits per heavy atom. The van der Waals surface area contributed by atoms with Crippen LogP contribution >= 0.6 is 11.3 Å². The molecule has 9 heteroatoms. The van der Waals surface area contributed by atoms with E-state index in [1.54, 1.807) is 33.9 Å². The van der Waals surface area contributed by atoms with Crippen molar-refractivity contribution in [3.05, 3.63) is 27.9 Å². The Hall–Kier alpha value is -1.71. The third kappa shape index (κ3) is 3.21. The first kappa shape index (κ1) is 16.7. The maximum absolute atomic E-state index is 12.2. The highest BCUT2D eigenvalue weighted by Crippen LogP contribution is 2.21. The van der Waals surface area contributed by atoms with Crippen LogP contribution in [0.5, 0.6) is 0 Å². The molecule has 1 aromatic carbocycles. The second-order valence-corrected chi connectivity index (χ2v) is 8.54. The number of carbonyl (C=O) groups is 1. The van der Waals surface area contributed by atoms with Crippen LogP contribution in [0.1, 0.15) is 20.8 Å². The van der Waals surface area contributed by atoms with Gasteiger partial charge >= 0.3 is 4.87 Å². The number of thiazole rings is 1. The molecule has 0 aliphatic carbocycles. The van der Waals surface area contributed by atoms with Crippen LogP contribution in [0.25, 0.3) is 10.2 Å². The summed E-state index contributed by atoms with van der Waals surface area (Å²) in [5, 5.41) is 0. The van der Waals surface area contributed by atoms with Crippen molar-refractivity contribution in [2.45, 2.75) is 25.7 Å². The lowest BCUT2D eigenvalue weighted by Crippen LogP contribution is -2.46. The molecule has 0 atom stereocenters. The van der Waals surface area contributed by atoms with Gasteiger partial charge in [0.15, 0.2) is 0 Å². The van der Waals surface area contributed by atoms with Gasteiger partial charge in [-0.2, -0.15) is 0 Å². The number of carbonyl (C=O) groups excluding carboxylic acids is 1. The van der Waals surface area contributed by atoms with Crippen molar-refractivity contribution in [1.29, 1.82) is 0 Å². The minimum absolute atomic E-state index is 0.0175. The first-order valence-corrected chi connectivity index (χ1v) is 8.74. The number of sulfonamides is 1. The number of hydrazine groups is 1. The molecule has 0 fully saturated rings. The zero-order valence-electron chi connectivity index (χ0n) is 12.6. The average molecular weight is 343 g/mol. The fraction of sp³-hybridized carbons (Fsp3) is 0.385. The van der Waals surface area contributed by atoms with Gasteiger partial charge in [0.25, 0.3) is 10.0 Å². The first-order chi connectivity index (χ1) is 10.0. The summed E-state index contributed by atoms with van der Waals surface area (Å²) in [4.78, 5) is 25.2. The summed E-state index contributed by atoms with van der Waals surface area (Å²) in [5.74, 6) is -0.443. The number of amides is 1. The molecule has 22 heavy (non-hydrogen) atoms. The van der Waals surface area contributed by atoms with Crippen molar-refractivity contribution in [2.75, 3.05) is 0 Å². The average Bonchev–Trinajstić information content (AvgIpc) is 2.70. The summed E-state index contributed by atoms with van der Waals surface area (Å²) in [6.45, 7) is 5.01. The lowest BCUT2D eigenvalue weighted by Gasteiger charge is -2.18. The van der Waals surface area contributed by atoms with Crippen molar-refractivity contribution in [3.8, 4) is 0 Å². The van der Waals surface area contributed by atoms with E-state index in [-0.39, 0.29) is 9.77 Å². The quantitative estimate of drug-likeness (QED) is 0.811. The van der Waals surface area contributed by atoms with Crippen molar-refractivity contribution in [3.63, 3.8) is 0 Å².